The minimum Gasteiger partial charge on any atom is -0.369 e. The highest BCUT2D eigenvalue weighted by Gasteiger charge is 2.58. The minimum absolute atomic E-state index is 0.215. The van der Waals surface area contributed by atoms with Gasteiger partial charge in [-0.2, -0.15) is 0 Å². The summed E-state index contributed by atoms with van der Waals surface area (Å²) >= 11 is 0. The molecule has 0 aromatic heterocycles. The number of carbonyl (C=O) groups is 1. The number of fused-ring (bicyclic) bond motifs is 1. The quantitative estimate of drug-likeness (QED) is 0.562. The van der Waals surface area contributed by atoms with E-state index in [4.69, 9.17) is 4.74 Å². The highest BCUT2D eigenvalue weighted by atomic mass is 16.6. The Morgan fingerprint density at radius 1 is 1.42 bits per heavy atom. The number of ether oxygens (including phenoxy) is 1. The van der Waals surface area contributed by atoms with Crippen LogP contribution in [0.15, 0.2) is 0 Å². The molecular weight excluding hydrogens is 154 g/mol. The lowest BCUT2D eigenvalue weighted by Crippen LogP contribution is -2.49. The zero-order valence-corrected chi connectivity index (χ0v) is 7.83. The number of rotatable bonds is 2. The van der Waals surface area contributed by atoms with E-state index in [1.807, 2.05) is 19.0 Å². The highest BCUT2D eigenvalue weighted by Crippen LogP contribution is 2.47. The van der Waals surface area contributed by atoms with Gasteiger partial charge in [0.1, 0.15) is 5.78 Å². The van der Waals surface area contributed by atoms with Crippen LogP contribution < -0.4 is 0 Å². The first-order valence-corrected chi connectivity index (χ1v) is 4.40. The van der Waals surface area contributed by atoms with Gasteiger partial charge in [-0.3, -0.25) is 9.69 Å². The molecule has 68 valence electrons. The van der Waals surface area contributed by atoms with Gasteiger partial charge in [0.05, 0.1) is 17.7 Å². The fourth-order valence-corrected chi connectivity index (χ4v) is 2.25. The van der Waals surface area contributed by atoms with E-state index in [-0.39, 0.29) is 11.3 Å². The largest absolute Gasteiger partial charge is 0.369 e. The first kappa shape index (κ1) is 8.20. The first-order valence-electron chi connectivity index (χ1n) is 4.40. The highest BCUT2D eigenvalue weighted by molar-refractivity contribution is 5.87. The lowest BCUT2D eigenvalue weighted by Gasteiger charge is -2.34. The Bertz CT molecular complexity index is 215. The monoisotopic (exact) mass is 169 g/mol. The van der Waals surface area contributed by atoms with Crippen molar-refractivity contribution in [2.24, 2.45) is 0 Å². The SMILES string of the molecule is CC(=O)C1(N(C)C)CC2OC2C1. The summed E-state index contributed by atoms with van der Waals surface area (Å²) in [6.07, 6.45) is 2.52. The molecule has 2 rings (SSSR count). The van der Waals surface area contributed by atoms with Crippen molar-refractivity contribution < 1.29 is 9.53 Å². The summed E-state index contributed by atoms with van der Waals surface area (Å²) in [5.41, 5.74) is -0.215. The molecule has 2 aliphatic rings. The zero-order chi connectivity index (χ0) is 8.93. The summed E-state index contributed by atoms with van der Waals surface area (Å²) in [5, 5.41) is 0. The van der Waals surface area contributed by atoms with Crippen molar-refractivity contribution >= 4 is 5.78 Å². The van der Waals surface area contributed by atoms with E-state index < -0.39 is 0 Å². The van der Waals surface area contributed by atoms with Gasteiger partial charge in [0.2, 0.25) is 0 Å². The first-order chi connectivity index (χ1) is 5.56. The van der Waals surface area contributed by atoms with E-state index in [2.05, 4.69) is 0 Å². The van der Waals surface area contributed by atoms with Crippen molar-refractivity contribution in [2.75, 3.05) is 14.1 Å². The van der Waals surface area contributed by atoms with Gasteiger partial charge in [0.15, 0.2) is 0 Å². The van der Waals surface area contributed by atoms with Gasteiger partial charge < -0.3 is 4.74 Å². The molecule has 12 heavy (non-hydrogen) atoms. The molecule has 1 saturated heterocycles. The van der Waals surface area contributed by atoms with Crippen LogP contribution in [-0.4, -0.2) is 42.5 Å². The summed E-state index contributed by atoms with van der Waals surface area (Å²) in [5.74, 6) is 0.281. The molecule has 1 saturated carbocycles. The second-order valence-corrected chi connectivity index (χ2v) is 4.10. The normalized spacial score (nSPS) is 44.7. The Hall–Kier alpha value is -0.410. The number of hydrogen-bond acceptors (Lipinski definition) is 3. The molecule has 2 unspecified atom stereocenters. The molecule has 3 nitrogen and oxygen atoms in total. The molecule has 2 atom stereocenters. The summed E-state index contributed by atoms with van der Waals surface area (Å²) in [6, 6.07) is 0. The number of nitrogens with zero attached hydrogens (tertiary/aromatic N) is 1. The fourth-order valence-electron chi connectivity index (χ4n) is 2.25. The van der Waals surface area contributed by atoms with Gasteiger partial charge in [-0.15, -0.1) is 0 Å². The molecule has 0 radical (unpaired) electrons. The van der Waals surface area contributed by atoms with Crippen LogP contribution in [0.1, 0.15) is 19.8 Å². The minimum atomic E-state index is -0.215. The van der Waals surface area contributed by atoms with Gasteiger partial charge >= 0.3 is 0 Å². The van der Waals surface area contributed by atoms with Gasteiger partial charge in [-0.1, -0.05) is 0 Å². The van der Waals surface area contributed by atoms with Crippen LogP contribution in [0.25, 0.3) is 0 Å². The molecule has 0 spiro atoms. The molecule has 0 aromatic rings. The molecule has 1 heterocycles. The second kappa shape index (κ2) is 2.30. The number of carbonyl (C=O) groups excluding carboxylic acids is 1. The van der Waals surface area contributed by atoms with Gasteiger partial charge in [-0.25, -0.2) is 0 Å². The van der Waals surface area contributed by atoms with Crippen molar-refractivity contribution in [3.8, 4) is 0 Å². The molecule has 1 aliphatic carbocycles. The zero-order valence-electron chi connectivity index (χ0n) is 7.83. The van der Waals surface area contributed by atoms with Crippen molar-refractivity contribution in [1.29, 1.82) is 0 Å². The second-order valence-electron chi connectivity index (χ2n) is 4.10. The van der Waals surface area contributed by atoms with Crippen LogP contribution in [0.2, 0.25) is 0 Å². The van der Waals surface area contributed by atoms with E-state index in [0.29, 0.717) is 12.2 Å². The molecule has 1 aliphatic heterocycles. The number of Topliss-reactive ketones (excluding diaryl/α,β-unsaturated/α-hetero) is 1. The summed E-state index contributed by atoms with van der Waals surface area (Å²) in [4.78, 5) is 13.5. The van der Waals surface area contributed by atoms with Crippen molar-refractivity contribution in [2.45, 2.75) is 37.5 Å². The molecule has 0 amide bonds. The molecule has 0 N–H and O–H groups in total. The van der Waals surface area contributed by atoms with Crippen LogP contribution in [0.4, 0.5) is 0 Å². The number of hydrogen-bond donors (Lipinski definition) is 0. The Labute approximate surface area is 72.7 Å². The summed E-state index contributed by atoms with van der Waals surface area (Å²) in [7, 11) is 3.96. The number of epoxide rings is 1. The average Bonchev–Trinajstić information content (AvgIpc) is 2.58. The smallest absolute Gasteiger partial charge is 0.150 e. The fraction of sp³-hybridized carbons (Fsp3) is 0.889. The van der Waals surface area contributed by atoms with Crippen LogP contribution in [0, 0.1) is 0 Å². The maximum Gasteiger partial charge on any atom is 0.150 e. The van der Waals surface area contributed by atoms with Crippen LogP contribution in [-0.2, 0) is 9.53 Å². The topological polar surface area (TPSA) is 32.8 Å². The van der Waals surface area contributed by atoms with E-state index in [1.165, 1.54) is 0 Å². The third kappa shape index (κ3) is 0.930. The molecule has 2 fully saturated rings. The van der Waals surface area contributed by atoms with Crippen LogP contribution in [0.3, 0.4) is 0 Å². The van der Waals surface area contributed by atoms with E-state index in [9.17, 15) is 4.79 Å². The van der Waals surface area contributed by atoms with Crippen molar-refractivity contribution in [3.05, 3.63) is 0 Å². The average molecular weight is 169 g/mol. The maximum absolute atomic E-state index is 11.5. The molecule has 0 aromatic carbocycles. The van der Waals surface area contributed by atoms with Gasteiger partial charge in [0, 0.05) is 12.8 Å². The van der Waals surface area contributed by atoms with E-state index in [0.717, 1.165) is 12.8 Å². The van der Waals surface area contributed by atoms with Crippen LogP contribution in [0.5, 0.6) is 0 Å². The van der Waals surface area contributed by atoms with Crippen molar-refractivity contribution in [1.82, 2.24) is 4.90 Å². The summed E-state index contributed by atoms with van der Waals surface area (Å²) < 4.78 is 5.33. The summed E-state index contributed by atoms with van der Waals surface area (Å²) in [6.45, 7) is 1.69. The predicted molar refractivity (Wildman–Crippen MR) is 45.0 cm³/mol. The Kier molecular flexibility index (Phi) is 1.57. The Morgan fingerprint density at radius 3 is 2.17 bits per heavy atom. The third-order valence-corrected chi connectivity index (χ3v) is 3.28. The lowest BCUT2D eigenvalue weighted by molar-refractivity contribution is -0.128. The standard InChI is InChI=1S/C9H15NO2/c1-6(11)9(10(2)3)4-7-8(5-9)12-7/h7-8H,4-5H2,1-3H3. The molecular formula is C9H15NO2. The molecule has 3 heteroatoms. The van der Waals surface area contributed by atoms with Gasteiger partial charge in [0.25, 0.3) is 0 Å². The lowest BCUT2D eigenvalue weighted by atomic mass is 9.91. The third-order valence-electron chi connectivity index (χ3n) is 3.28. The van der Waals surface area contributed by atoms with Gasteiger partial charge in [-0.05, 0) is 21.0 Å². The number of ketones is 1. The Morgan fingerprint density at radius 2 is 1.92 bits per heavy atom. The predicted octanol–water partition coefficient (Wildman–Crippen LogP) is 0.437. The van der Waals surface area contributed by atoms with E-state index >= 15 is 0 Å². The van der Waals surface area contributed by atoms with Crippen molar-refractivity contribution in [3.63, 3.8) is 0 Å². The Balaban J connectivity index is 2.19. The molecule has 0 bridgehead atoms. The van der Waals surface area contributed by atoms with E-state index in [1.54, 1.807) is 6.92 Å². The maximum atomic E-state index is 11.5. The number of likely N-dealkylation sites (N-methyl/N-ethyl adjacent to an activating group) is 1. The van der Waals surface area contributed by atoms with Crippen LogP contribution >= 0.6 is 0 Å².